The van der Waals surface area contributed by atoms with Gasteiger partial charge in [0.1, 0.15) is 11.4 Å². The zero-order valence-corrected chi connectivity index (χ0v) is 14.5. The number of nitrogens with zero attached hydrogens (tertiary/aromatic N) is 1. The van der Waals surface area contributed by atoms with Gasteiger partial charge in [-0.05, 0) is 32.9 Å². The van der Waals surface area contributed by atoms with Gasteiger partial charge in [0.15, 0.2) is 0 Å². The molecular formula is C16H20BrN3O2. The van der Waals surface area contributed by atoms with Crippen LogP contribution in [0, 0.1) is 0 Å². The molecule has 0 fully saturated rings. The van der Waals surface area contributed by atoms with E-state index in [4.69, 9.17) is 4.74 Å². The van der Waals surface area contributed by atoms with E-state index in [0.29, 0.717) is 13.1 Å². The van der Waals surface area contributed by atoms with Crippen molar-refractivity contribution in [1.82, 2.24) is 10.3 Å². The fourth-order valence-corrected chi connectivity index (χ4v) is 2.47. The number of nitrogens with one attached hydrogen (secondary N) is 2. The van der Waals surface area contributed by atoms with Crippen molar-refractivity contribution < 1.29 is 9.53 Å². The summed E-state index contributed by atoms with van der Waals surface area (Å²) in [6.45, 7) is 6.53. The molecule has 0 saturated heterocycles. The minimum Gasteiger partial charge on any atom is -0.444 e. The van der Waals surface area contributed by atoms with Crippen LogP contribution in [-0.2, 0) is 4.74 Å². The maximum Gasteiger partial charge on any atom is 0.407 e. The third-order valence-electron chi connectivity index (χ3n) is 2.84. The summed E-state index contributed by atoms with van der Waals surface area (Å²) in [5, 5.41) is 8.07. The van der Waals surface area contributed by atoms with Gasteiger partial charge in [-0.2, -0.15) is 0 Å². The average Bonchev–Trinajstić information content (AvgIpc) is 2.42. The molecule has 0 aliphatic heterocycles. The number of alkyl carbamates (subject to hydrolysis) is 1. The molecular weight excluding hydrogens is 346 g/mol. The summed E-state index contributed by atoms with van der Waals surface area (Å²) in [5.41, 5.74) is -0.485. The third kappa shape index (κ3) is 4.59. The van der Waals surface area contributed by atoms with Crippen molar-refractivity contribution in [3.05, 3.63) is 34.9 Å². The summed E-state index contributed by atoms with van der Waals surface area (Å²) in [6.07, 6.45) is 1.35. The van der Waals surface area contributed by atoms with Crippen LogP contribution >= 0.6 is 15.9 Å². The van der Waals surface area contributed by atoms with Crippen LogP contribution in [0.3, 0.4) is 0 Å². The molecule has 1 aromatic carbocycles. The van der Waals surface area contributed by atoms with Gasteiger partial charge in [0, 0.05) is 34.5 Å². The van der Waals surface area contributed by atoms with E-state index in [9.17, 15) is 4.79 Å². The lowest BCUT2D eigenvalue weighted by molar-refractivity contribution is 0.0530. The average molecular weight is 366 g/mol. The van der Waals surface area contributed by atoms with Crippen LogP contribution in [0.1, 0.15) is 20.8 Å². The number of hydrogen-bond donors (Lipinski definition) is 2. The largest absolute Gasteiger partial charge is 0.444 e. The van der Waals surface area contributed by atoms with E-state index in [0.717, 1.165) is 21.1 Å². The number of benzene rings is 1. The Labute approximate surface area is 138 Å². The number of anilines is 1. The smallest absolute Gasteiger partial charge is 0.407 e. The van der Waals surface area contributed by atoms with Gasteiger partial charge in [-0.1, -0.05) is 28.1 Å². The molecule has 6 heteroatoms. The first kappa shape index (κ1) is 16.5. The van der Waals surface area contributed by atoms with Crippen LogP contribution in [0.25, 0.3) is 10.8 Å². The van der Waals surface area contributed by atoms with E-state index in [1.54, 1.807) is 6.20 Å². The summed E-state index contributed by atoms with van der Waals surface area (Å²) in [7, 11) is 0. The number of carbonyl (C=O) groups excluding carboxylic acids is 1. The first-order chi connectivity index (χ1) is 10.4. The Balaban J connectivity index is 1.91. The van der Waals surface area contributed by atoms with Crippen LogP contribution in [-0.4, -0.2) is 29.8 Å². The molecule has 118 valence electrons. The Morgan fingerprint density at radius 1 is 1.23 bits per heavy atom. The topological polar surface area (TPSA) is 63.2 Å². The molecule has 0 saturated carbocycles. The summed E-state index contributed by atoms with van der Waals surface area (Å²) < 4.78 is 6.21. The summed E-state index contributed by atoms with van der Waals surface area (Å²) in [5.74, 6) is 0.796. The molecule has 1 aromatic heterocycles. The van der Waals surface area contributed by atoms with Gasteiger partial charge in [-0.25, -0.2) is 9.78 Å². The van der Waals surface area contributed by atoms with E-state index in [1.807, 2.05) is 45.0 Å². The molecule has 2 N–H and O–H groups in total. The molecule has 2 aromatic rings. The Kier molecular flexibility index (Phi) is 5.24. The minimum atomic E-state index is -0.485. The van der Waals surface area contributed by atoms with E-state index < -0.39 is 11.7 Å². The zero-order chi connectivity index (χ0) is 16.2. The number of aromatic nitrogens is 1. The standard InChI is InChI=1S/C16H20BrN3O2/c1-16(2,3)22-15(21)20-10-9-19-14-12-5-4-6-13(17)11(12)7-8-18-14/h4-8H,9-10H2,1-3H3,(H,18,19)(H,20,21). The van der Waals surface area contributed by atoms with E-state index in [2.05, 4.69) is 31.5 Å². The van der Waals surface area contributed by atoms with Crippen LogP contribution in [0.2, 0.25) is 0 Å². The molecule has 1 amide bonds. The lowest BCUT2D eigenvalue weighted by Gasteiger charge is -2.19. The van der Waals surface area contributed by atoms with Gasteiger partial charge in [0.05, 0.1) is 0 Å². The number of carbonyl (C=O) groups is 1. The number of halogens is 1. The number of hydrogen-bond acceptors (Lipinski definition) is 4. The number of amides is 1. The highest BCUT2D eigenvalue weighted by Crippen LogP contribution is 2.27. The molecule has 22 heavy (non-hydrogen) atoms. The highest BCUT2D eigenvalue weighted by atomic mass is 79.9. The SMILES string of the molecule is CC(C)(C)OC(=O)NCCNc1nccc2c(Br)cccc12. The molecule has 0 aliphatic rings. The molecule has 0 aliphatic carbocycles. The highest BCUT2D eigenvalue weighted by Gasteiger charge is 2.15. The van der Waals surface area contributed by atoms with E-state index in [1.165, 1.54) is 0 Å². The van der Waals surface area contributed by atoms with Crippen molar-refractivity contribution in [2.45, 2.75) is 26.4 Å². The van der Waals surface area contributed by atoms with Gasteiger partial charge in [-0.15, -0.1) is 0 Å². The molecule has 1 heterocycles. The normalized spacial score (nSPS) is 11.3. The van der Waals surface area contributed by atoms with Gasteiger partial charge in [0.2, 0.25) is 0 Å². The summed E-state index contributed by atoms with van der Waals surface area (Å²) >= 11 is 3.53. The van der Waals surface area contributed by atoms with Crippen molar-refractivity contribution in [2.24, 2.45) is 0 Å². The van der Waals surface area contributed by atoms with Gasteiger partial charge < -0.3 is 15.4 Å². The molecule has 5 nitrogen and oxygen atoms in total. The number of fused-ring (bicyclic) bond motifs is 1. The second-order valence-corrected chi connectivity index (χ2v) is 6.70. The van der Waals surface area contributed by atoms with Crippen molar-refractivity contribution in [2.75, 3.05) is 18.4 Å². The lowest BCUT2D eigenvalue weighted by atomic mass is 10.1. The van der Waals surface area contributed by atoms with Gasteiger partial charge in [-0.3, -0.25) is 0 Å². The first-order valence-electron chi connectivity index (χ1n) is 7.11. The third-order valence-corrected chi connectivity index (χ3v) is 3.53. The monoisotopic (exact) mass is 365 g/mol. The molecule has 0 atom stereocenters. The predicted molar refractivity (Wildman–Crippen MR) is 92.2 cm³/mol. The van der Waals surface area contributed by atoms with Crippen molar-refractivity contribution in [3.8, 4) is 0 Å². The van der Waals surface area contributed by atoms with Crippen LogP contribution in [0.4, 0.5) is 10.6 Å². The van der Waals surface area contributed by atoms with Crippen LogP contribution < -0.4 is 10.6 Å². The van der Waals surface area contributed by atoms with E-state index >= 15 is 0 Å². The zero-order valence-electron chi connectivity index (χ0n) is 12.9. The quantitative estimate of drug-likeness (QED) is 0.805. The minimum absolute atomic E-state index is 0.414. The fraction of sp³-hybridized carbons (Fsp3) is 0.375. The van der Waals surface area contributed by atoms with Crippen molar-refractivity contribution in [3.63, 3.8) is 0 Å². The van der Waals surface area contributed by atoms with Crippen molar-refractivity contribution in [1.29, 1.82) is 0 Å². The van der Waals surface area contributed by atoms with Crippen molar-refractivity contribution >= 4 is 38.6 Å². The van der Waals surface area contributed by atoms with Crippen LogP contribution in [0.15, 0.2) is 34.9 Å². The predicted octanol–water partition coefficient (Wildman–Crippen LogP) is 3.93. The fourth-order valence-electron chi connectivity index (χ4n) is 1.97. The van der Waals surface area contributed by atoms with Crippen LogP contribution in [0.5, 0.6) is 0 Å². The molecule has 0 bridgehead atoms. The van der Waals surface area contributed by atoms with Gasteiger partial charge >= 0.3 is 6.09 Å². The maximum absolute atomic E-state index is 11.5. The van der Waals surface area contributed by atoms with Gasteiger partial charge in [0.25, 0.3) is 0 Å². The second kappa shape index (κ2) is 6.96. The molecule has 0 radical (unpaired) electrons. The molecule has 0 unspecified atom stereocenters. The highest BCUT2D eigenvalue weighted by molar-refractivity contribution is 9.10. The Hall–Kier alpha value is -1.82. The summed E-state index contributed by atoms with van der Waals surface area (Å²) in [4.78, 5) is 15.9. The molecule has 0 spiro atoms. The summed E-state index contributed by atoms with van der Waals surface area (Å²) in [6, 6.07) is 7.94. The number of pyridine rings is 1. The van der Waals surface area contributed by atoms with E-state index in [-0.39, 0.29) is 0 Å². The number of rotatable bonds is 4. The number of ether oxygens (including phenoxy) is 1. The Morgan fingerprint density at radius 2 is 2.00 bits per heavy atom. The maximum atomic E-state index is 11.5. The Morgan fingerprint density at radius 3 is 2.73 bits per heavy atom. The second-order valence-electron chi connectivity index (χ2n) is 5.85. The first-order valence-corrected chi connectivity index (χ1v) is 7.90. The molecule has 2 rings (SSSR count). The Bertz CT molecular complexity index is 668. The lowest BCUT2D eigenvalue weighted by Crippen LogP contribution is -2.35.